The van der Waals surface area contributed by atoms with E-state index in [1.807, 2.05) is 30.3 Å². The van der Waals surface area contributed by atoms with E-state index in [0.29, 0.717) is 17.9 Å². The van der Waals surface area contributed by atoms with E-state index in [4.69, 9.17) is 21.6 Å². The third-order valence-electron chi connectivity index (χ3n) is 2.61. The quantitative estimate of drug-likeness (QED) is 0.467. The van der Waals surface area contributed by atoms with Crippen LogP contribution in [0.2, 0.25) is 5.02 Å². The number of nitrogens with zero attached hydrogens (tertiary/aromatic N) is 1. The minimum Gasteiger partial charge on any atom is -0.462 e. The second-order valence-electron chi connectivity index (χ2n) is 4.04. The molecule has 0 saturated carbocycles. The monoisotopic (exact) mass is 305 g/mol. The number of nitriles is 1. The topological polar surface area (TPSA) is 50.1 Å². The molecule has 0 N–H and O–H groups in total. The van der Waals surface area contributed by atoms with Gasteiger partial charge in [-0.1, -0.05) is 29.8 Å². The van der Waals surface area contributed by atoms with Crippen LogP contribution >= 0.6 is 22.9 Å². The smallest absolute Gasteiger partial charge is 0.330 e. The average Bonchev–Trinajstić information content (AvgIpc) is 2.78. The molecule has 5 heteroatoms. The van der Waals surface area contributed by atoms with Crippen LogP contribution in [-0.4, -0.2) is 12.6 Å². The number of carbonyl (C=O) groups is 1. The van der Waals surface area contributed by atoms with Gasteiger partial charge in [0, 0.05) is 27.5 Å². The fraction of sp³-hybridized carbons (Fsp3) is 0.200. The summed E-state index contributed by atoms with van der Waals surface area (Å²) in [6, 6.07) is 9.82. The lowest BCUT2D eigenvalue weighted by atomic mass is 10.2. The normalized spacial score (nSPS) is 10.8. The number of carbonyl (C=O) groups excluding carboxylic acids is 1. The Morgan fingerprint density at radius 1 is 1.45 bits per heavy atom. The van der Waals surface area contributed by atoms with E-state index in [1.54, 1.807) is 6.08 Å². The molecule has 0 radical (unpaired) electrons. The molecule has 0 amide bonds. The van der Waals surface area contributed by atoms with E-state index in [9.17, 15) is 4.79 Å². The number of fused-ring (bicyclic) bond motifs is 1. The summed E-state index contributed by atoms with van der Waals surface area (Å²) in [6.45, 7) is 0.261. The standard InChI is InChI=1S/C15H12ClNO2S/c16-15-11-5-1-2-6-12(11)20-13(15)7-8-14(18)19-10-4-3-9-17/h1-2,5-8H,3-4,10H2/b8-7+. The summed E-state index contributed by atoms with van der Waals surface area (Å²) in [6.07, 6.45) is 3.97. The molecule has 0 aliphatic rings. The molecule has 20 heavy (non-hydrogen) atoms. The number of hydrogen-bond acceptors (Lipinski definition) is 4. The van der Waals surface area contributed by atoms with Gasteiger partial charge < -0.3 is 4.74 Å². The fourth-order valence-electron chi connectivity index (χ4n) is 1.66. The lowest BCUT2D eigenvalue weighted by Crippen LogP contribution is -2.01. The maximum absolute atomic E-state index is 11.5. The highest BCUT2D eigenvalue weighted by Gasteiger charge is 2.07. The lowest BCUT2D eigenvalue weighted by Gasteiger charge is -1.98. The van der Waals surface area contributed by atoms with Gasteiger partial charge in [-0.25, -0.2) is 4.79 Å². The second kappa shape index (κ2) is 7.09. The van der Waals surface area contributed by atoms with Crippen LogP contribution in [0.3, 0.4) is 0 Å². The number of esters is 1. The van der Waals surface area contributed by atoms with E-state index < -0.39 is 5.97 Å². The number of benzene rings is 1. The maximum atomic E-state index is 11.5. The SMILES string of the molecule is N#CCCCOC(=O)/C=C/c1sc2ccccc2c1Cl. The first kappa shape index (κ1) is 14.6. The Morgan fingerprint density at radius 2 is 2.25 bits per heavy atom. The molecule has 0 spiro atoms. The van der Waals surface area contributed by atoms with Gasteiger partial charge in [0.25, 0.3) is 0 Å². The van der Waals surface area contributed by atoms with Crippen molar-refractivity contribution in [2.24, 2.45) is 0 Å². The molecule has 2 rings (SSSR count). The van der Waals surface area contributed by atoms with Crippen molar-refractivity contribution in [2.75, 3.05) is 6.61 Å². The lowest BCUT2D eigenvalue weighted by molar-refractivity contribution is -0.137. The van der Waals surface area contributed by atoms with E-state index >= 15 is 0 Å². The first-order valence-corrected chi connectivity index (χ1v) is 7.30. The summed E-state index contributed by atoms with van der Waals surface area (Å²) in [4.78, 5) is 12.3. The highest BCUT2D eigenvalue weighted by Crippen LogP contribution is 2.35. The zero-order valence-electron chi connectivity index (χ0n) is 10.6. The molecular weight excluding hydrogens is 294 g/mol. The molecule has 1 aromatic heterocycles. The molecule has 0 bridgehead atoms. The van der Waals surface area contributed by atoms with E-state index in [-0.39, 0.29) is 6.61 Å². The molecule has 0 aliphatic heterocycles. The van der Waals surface area contributed by atoms with Crippen molar-refractivity contribution in [3.05, 3.63) is 40.2 Å². The highest BCUT2D eigenvalue weighted by atomic mass is 35.5. The predicted molar refractivity (Wildman–Crippen MR) is 81.7 cm³/mol. The zero-order chi connectivity index (χ0) is 14.4. The molecule has 0 unspecified atom stereocenters. The van der Waals surface area contributed by atoms with Gasteiger partial charge in [-0.2, -0.15) is 5.26 Å². The molecule has 0 aliphatic carbocycles. The van der Waals surface area contributed by atoms with E-state index in [0.717, 1.165) is 15.0 Å². The molecule has 1 aromatic carbocycles. The summed E-state index contributed by atoms with van der Waals surface area (Å²) in [7, 11) is 0. The first-order valence-electron chi connectivity index (χ1n) is 6.11. The Kier molecular flexibility index (Phi) is 5.16. The Morgan fingerprint density at radius 3 is 3.00 bits per heavy atom. The van der Waals surface area contributed by atoms with E-state index in [2.05, 4.69) is 0 Å². The molecule has 102 valence electrons. The molecule has 3 nitrogen and oxygen atoms in total. The van der Waals surface area contributed by atoms with Crippen LogP contribution in [0.1, 0.15) is 17.7 Å². The van der Waals surface area contributed by atoms with Crippen LogP contribution in [0.15, 0.2) is 30.3 Å². The van der Waals surface area contributed by atoms with Gasteiger partial charge in [0.1, 0.15) is 0 Å². The van der Waals surface area contributed by atoms with E-state index in [1.165, 1.54) is 17.4 Å². The van der Waals surface area contributed by atoms with Gasteiger partial charge in [0.05, 0.1) is 17.7 Å². The van der Waals surface area contributed by atoms with Crippen molar-refractivity contribution >= 4 is 45.1 Å². The molecule has 2 aromatic rings. The Labute approximate surface area is 126 Å². The number of unbranched alkanes of at least 4 members (excludes halogenated alkanes) is 1. The van der Waals surface area contributed by atoms with Gasteiger partial charge in [-0.3, -0.25) is 0 Å². The molecule has 0 fully saturated rings. The summed E-state index contributed by atoms with van der Waals surface area (Å²) < 4.78 is 6.05. The van der Waals surface area contributed by atoms with Crippen molar-refractivity contribution in [1.29, 1.82) is 5.26 Å². The van der Waals surface area contributed by atoms with Crippen LogP contribution in [0.4, 0.5) is 0 Å². The van der Waals surface area contributed by atoms with Gasteiger partial charge in [-0.15, -0.1) is 11.3 Å². The van der Waals surface area contributed by atoms with Gasteiger partial charge in [0.2, 0.25) is 0 Å². The van der Waals surface area contributed by atoms with Crippen molar-refractivity contribution in [1.82, 2.24) is 0 Å². The Balaban J connectivity index is 2.01. The number of thiophene rings is 1. The first-order chi connectivity index (χ1) is 9.72. The van der Waals surface area contributed by atoms with Crippen LogP contribution in [-0.2, 0) is 9.53 Å². The summed E-state index contributed by atoms with van der Waals surface area (Å²) in [5.74, 6) is -0.420. The molecule has 0 saturated heterocycles. The molecular formula is C15H12ClNO2S. The maximum Gasteiger partial charge on any atom is 0.330 e. The van der Waals surface area contributed by atoms with Crippen molar-refractivity contribution in [3.63, 3.8) is 0 Å². The minimum absolute atomic E-state index is 0.261. The molecule has 1 heterocycles. The van der Waals surface area contributed by atoms with Crippen LogP contribution in [0.5, 0.6) is 0 Å². The second-order valence-corrected chi connectivity index (χ2v) is 5.50. The van der Waals surface area contributed by atoms with Gasteiger partial charge >= 0.3 is 5.97 Å². The highest BCUT2D eigenvalue weighted by molar-refractivity contribution is 7.20. The summed E-state index contributed by atoms with van der Waals surface area (Å²) >= 11 is 7.79. The van der Waals surface area contributed by atoms with Crippen molar-refractivity contribution in [2.45, 2.75) is 12.8 Å². The van der Waals surface area contributed by atoms with Gasteiger partial charge in [-0.05, 0) is 18.6 Å². The Hall–Kier alpha value is -1.83. The number of hydrogen-bond donors (Lipinski definition) is 0. The minimum atomic E-state index is -0.420. The largest absolute Gasteiger partial charge is 0.462 e. The van der Waals surface area contributed by atoms with Crippen LogP contribution < -0.4 is 0 Å². The number of ether oxygens (including phenoxy) is 1. The molecule has 0 atom stereocenters. The van der Waals surface area contributed by atoms with Crippen LogP contribution in [0, 0.1) is 11.3 Å². The van der Waals surface area contributed by atoms with Gasteiger partial charge in [0.15, 0.2) is 0 Å². The zero-order valence-corrected chi connectivity index (χ0v) is 12.2. The number of halogens is 1. The predicted octanol–water partition coefficient (Wildman–Crippen LogP) is 4.41. The van der Waals surface area contributed by atoms with Crippen molar-refractivity contribution in [3.8, 4) is 6.07 Å². The van der Waals surface area contributed by atoms with Crippen LogP contribution in [0.25, 0.3) is 16.2 Å². The summed E-state index contributed by atoms with van der Waals surface area (Å²) in [5, 5.41) is 10.0. The third kappa shape index (κ3) is 3.60. The fourth-order valence-corrected chi connectivity index (χ4v) is 3.05. The summed E-state index contributed by atoms with van der Waals surface area (Å²) in [5.41, 5.74) is 0. The number of rotatable bonds is 5. The third-order valence-corrected chi connectivity index (χ3v) is 4.26. The average molecular weight is 306 g/mol. The Bertz CT molecular complexity index is 685. The van der Waals surface area contributed by atoms with Crippen molar-refractivity contribution < 1.29 is 9.53 Å².